The van der Waals surface area contributed by atoms with Gasteiger partial charge in [-0.25, -0.2) is 8.42 Å². The first-order valence-electron chi connectivity index (χ1n) is 4.61. The van der Waals surface area contributed by atoms with Gasteiger partial charge in [0, 0.05) is 18.8 Å². The highest BCUT2D eigenvalue weighted by Gasteiger charge is 2.26. The van der Waals surface area contributed by atoms with Gasteiger partial charge in [0.05, 0.1) is 6.20 Å². The molecule has 0 saturated heterocycles. The molecule has 0 radical (unpaired) electrons. The van der Waals surface area contributed by atoms with Gasteiger partial charge in [-0.3, -0.25) is 5.10 Å². The van der Waals surface area contributed by atoms with E-state index < -0.39 is 10.0 Å². The maximum Gasteiger partial charge on any atom is 0.246 e. The van der Waals surface area contributed by atoms with Gasteiger partial charge in [0.2, 0.25) is 10.0 Å². The normalized spacial score (nSPS) is 12.3. The van der Waals surface area contributed by atoms with Crippen LogP contribution in [0.5, 0.6) is 0 Å². The van der Waals surface area contributed by atoms with E-state index >= 15 is 0 Å². The van der Waals surface area contributed by atoms with Gasteiger partial charge in [-0.1, -0.05) is 6.08 Å². The van der Waals surface area contributed by atoms with E-state index in [-0.39, 0.29) is 10.9 Å². The highest BCUT2D eigenvalue weighted by Crippen LogP contribution is 2.16. The number of nitrogens with zero attached hydrogens (tertiary/aromatic N) is 2. The largest absolute Gasteiger partial charge is 0.284 e. The summed E-state index contributed by atoms with van der Waals surface area (Å²) in [6.07, 6.45) is 4.24. The van der Waals surface area contributed by atoms with Gasteiger partial charge in [0.15, 0.2) is 0 Å². The van der Waals surface area contributed by atoms with Crippen molar-refractivity contribution in [3.8, 4) is 0 Å². The van der Waals surface area contributed by atoms with E-state index in [9.17, 15) is 8.42 Å². The second kappa shape index (κ2) is 4.59. The third kappa shape index (κ3) is 2.45. The zero-order chi connectivity index (χ0) is 11.5. The SMILES string of the molecule is C=CCN(C(C)C)S(=O)(=O)c1cn[nH]c1. The van der Waals surface area contributed by atoms with Gasteiger partial charge >= 0.3 is 0 Å². The second-order valence-corrected chi connectivity index (χ2v) is 5.28. The van der Waals surface area contributed by atoms with Crippen LogP contribution in [-0.2, 0) is 10.0 Å². The number of hydrogen-bond acceptors (Lipinski definition) is 3. The molecule has 1 aromatic rings. The summed E-state index contributed by atoms with van der Waals surface area (Å²) in [6, 6.07) is -0.108. The Morgan fingerprint density at radius 1 is 1.67 bits per heavy atom. The van der Waals surface area contributed by atoms with E-state index in [1.165, 1.54) is 16.7 Å². The molecule has 0 atom stereocenters. The first kappa shape index (κ1) is 11.9. The second-order valence-electron chi connectivity index (χ2n) is 3.39. The minimum atomic E-state index is -3.45. The predicted octanol–water partition coefficient (Wildman–Crippen LogP) is 0.995. The molecule has 0 unspecified atom stereocenters. The van der Waals surface area contributed by atoms with E-state index in [0.29, 0.717) is 6.54 Å². The van der Waals surface area contributed by atoms with E-state index in [2.05, 4.69) is 16.8 Å². The minimum Gasteiger partial charge on any atom is -0.284 e. The molecule has 0 bridgehead atoms. The molecule has 5 nitrogen and oxygen atoms in total. The van der Waals surface area contributed by atoms with Crippen molar-refractivity contribution in [1.29, 1.82) is 0 Å². The molecule has 0 aliphatic heterocycles. The van der Waals surface area contributed by atoms with Crippen molar-refractivity contribution >= 4 is 10.0 Å². The van der Waals surface area contributed by atoms with Gasteiger partial charge in [-0.2, -0.15) is 9.40 Å². The van der Waals surface area contributed by atoms with Crippen LogP contribution in [0.25, 0.3) is 0 Å². The molecule has 0 aromatic carbocycles. The molecule has 15 heavy (non-hydrogen) atoms. The van der Waals surface area contributed by atoms with Crippen LogP contribution in [0.3, 0.4) is 0 Å². The summed E-state index contributed by atoms with van der Waals surface area (Å²) in [5.41, 5.74) is 0. The Bertz CT molecular complexity index is 409. The molecule has 1 heterocycles. The number of hydrogen-bond donors (Lipinski definition) is 1. The molecule has 84 valence electrons. The van der Waals surface area contributed by atoms with E-state index in [4.69, 9.17) is 0 Å². The Morgan fingerprint density at radius 2 is 2.33 bits per heavy atom. The Morgan fingerprint density at radius 3 is 2.73 bits per heavy atom. The van der Waals surface area contributed by atoms with Crippen molar-refractivity contribution in [1.82, 2.24) is 14.5 Å². The van der Waals surface area contributed by atoms with Gasteiger partial charge in [0.1, 0.15) is 4.90 Å². The lowest BCUT2D eigenvalue weighted by molar-refractivity contribution is 0.383. The van der Waals surface area contributed by atoms with Crippen molar-refractivity contribution in [2.24, 2.45) is 0 Å². The number of H-pyrrole nitrogens is 1. The zero-order valence-corrected chi connectivity index (χ0v) is 9.66. The van der Waals surface area contributed by atoms with Crippen LogP contribution in [0.4, 0.5) is 0 Å². The fraction of sp³-hybridized carbons (Fsp3) is 0.444. The van der Waals surface area contributed by atoms with E-state index in [1.807, 2.05) is 13.8 Å². The standard InChI is InChI=1S/C9H15N3O2S/c1-4-5-12(8(2)3)15(13,14)9-6-10-11-7-9/h4,6-8H,1,5H2,2-3H3,(H,10,11). The summed E-state index contributed by atoms with van der Waals surface area (Å²) in [4.78, 5) is 0.179. The van der Waals surface area contributed by atoms with Crippen molar-refractivity contribution in [3.63, 3.8) is 0 Å². The maximum absolute atomic E-state index is 12.0. The van der Waals surface area contributed by atoms with Crippen LogP contribution in [-0.4, -0.2) is 35.5 Å². The number of sulfonamides is 1. The van der Waals surface area contributed by atoms with Gasteiger partial charge in [-0.15, -0.1) is 6.58 Å². The van der Waals surface area contributed by atoms with Gasteiger partial charge in [0.25, 0.3) is 0 Å². The van der Waals surface area contributed by atoms with Crippen LogP contribution >= 0.6 is 0 Å². The summed E-state index contributed by atoms with van der Waals surface area (Å²) in [7, 11) is -3.45. The number of aromatic nitrogens is 2. The Balaban J connectivity index is 3.07. The third-order valence-corrected chi connectivity index (χ3v) is 3.97. The summed E-state index contributed by atoms with van der Waals surface area (Å²) in [6.45, 7) is 7.49. The molecule has 1 N–H and O–H groups in total. The van der Waals surface area contributed by atoms with Gasteiger partial charge in [-0.05, 0) is 13.8 Å². The zero-order valence-electron chi connectivity index (χ0n) is 8.84. The number of rotatable bonds is 5. The lowest BCUT2D eigenvalue weighted by Gasteiger charge is -2.23. The maximum atomic E-state index is 12.0. The van der Waals surface area contributed by atoms with Crippen LogP contribution in [0, 0.1) is 0 Å². The van der Waals surface area contributed by atoms with E-state index in [0.717, 1.165) is 0 Å². The quantitative estimate of drug-likeness (QED) is 0.766. The van der Waals surface area contributed by atoms with Crippen molar-refractivity contribution in [2.75, 3.05) is 6.54 Å². The van der Waals surface area contributed by atoms with Crippen LogP contribution < -0.4 is 0 Å². The first-order valence-corrected chi connectivity index (χ1v) is 6.05. The molecule has 0 saturated carbocycles. The third-order valence-electron chi connectivity index (χ3n) is 1.96. The Hall–Kier alpha value is -1.14. The molecule has 1 aromatic heterocycles. The molecular formula is C9H15N3O2S. The summed E-state index contributed by atoms with van der Waals surface area (Å²) in [5, 5.41) is 6.12. The van der Waals surface area contributed by atoms with Crippen molar-refractivity contribution < 1.29 is 8.42 Å². The molecule has 0 spiro atoms. The lowest BCUT2D eigenvalue weighted by Crippen LogP contribution is -2.36. The monoisotopic (exact) mass is 229 g/mol. The molecule has 6 heteroatoms. The lowest BCUT2D eigenvalue weighted by atomic mass is 10.4. The molecule has 0 fully saturated rings. The van der Waals surface area contributed by atoms with E-state index in [1.54, 1.807) is 6.08 Å². The van der Waals surface area contributed by atoms with Crippen LogP contribution in [0.15, 0.2) is 29.9 Å². The average molecular weight is 229 g/mol. The fourth-order valence-electron chi connectivity index (χ4n) is 1.23. The fourth-order valence-corrected chi connectivity index (χ4v) is 2.74. The van der Waals surface area contributed by atoms with Crippen molar-refractivity contribution in [2.45, 2.75) is 24.8 Å². The summed E-state index contributed by atoms with van der Waals surface area (Å²) >= 11 is 0. The summed E-state index contributed by atoms with van der Waals surface area (Å²) < 4.78 is 25.5. The topological polar surface area (TPSA) is 66.1 Å². The first-order chi connectivity index (χ1) is 7.00. The van der Waals surface area contributed by atoms with Crippen LogP contribution in [0.1, 0.15) is 13.8 Å². The number of nitrogens with one attached hydrogen (secondary N) is 1. The van der Waals surface area contributed by atoms with Crippen molar-refractivity contribution in [3.05, 3.63) is 25.0 Å². The smallest absolute Gasteiger partial charge is 0.246 e. The summed E-state index contributed by atoms with van der Waals surface area (Å²) in [5.74, 6) is 0. The Kier molecular flexibility index (Phi) is 3.65. The minimum absolute atomic E-state index is 0.108. The molecular weight excluding hydrogens is 214 g/mol. The number of aromatic amines is 1. The molecule has 0 aliphatic rings. The average Bonchev–Trinajstić information content (AvgIpc) is 2.66. The predicted molar refractivity (Wildman–Crippen MR) is 57.8 cm³/mol. The van der Waals surface area contributed by atoms with Crippen LogP contribution in [0.2, 0.25) is 0 Å². The molecule has 0 amide bonds. The van der Waals surface area contributed by atoms with Gasteiger partial charge < -0.3 is 0 Å². The highest BCUT2D eigenvalue weighted by atomic mass is 32.2. The molecule has 0 aliphatic carbocycles. The molecule has 1 rings (SSSR count). The Labute approximate surface area is 89.8 Å². The highest BCUT2D eigenvalue weighted by molar-refractivity contribution is 7.89.